The number of benzene rings is 2. The minimum Gasteiger partial charge on any atom is -0.482 e. The maximum atomic E-state index is 12.1. The SMILES string of the molecule is O=C(COc1ccc(Cl)cc1Cl)NC(=S)N1CCc2ccccc21. The molecule has 0 aliphatic carbocycles. The number of nitrogens with zero attached hydrogens (tertiary/aromatic N) is 1. The summed E-state index contributed by atoms with van der Waals surface area (Å²) >= 11 is 17.2. The first-order chi connectivity index (χ1) is 11.5. The molecule has 0 saturated carbocycles. The van der Waals surface area contributed by atoms with Crippen LogP contribution in [0.3, 0.4) is 0 Å². The highest BCUT2D eigenvalue weighted by Crippen LogP contribution is 2.28. The summed E-state index contributed by atoms with van der Waals surface area (Å²) in [5, 5.41) is 3.92. The van der Waals surface area contributed by atoms with Crippen LogP contribution in [0.4, 0.5) is 5.69 Å². The molecular formula is C17H14Cl2N2O2S. The van der Waals surface area contributed by atoms with Gasteiger partial charge in [-0.25, -0.2) is 0 Å². The van der Waals surface area contributed by atoms with E-state index in [1.165, 1.54) is 5.56 Å². The van der Waals surface area contributed by atoms with Gasteiger partial charge in [-0.15, -0.1) is 0 Å². The van der Waals surface area contributed by atoms with Gasteiger partial charge in [0.1, 0.15) is 5.75 Å². The highest BCUT2D eigenvalue weighted by molar-refractivity contribution is 7.80. The second-order valence-electron chi connectivity index (χ2n) is 5.25. The fraction of sp³-hybridized carbons (Fsp3) is 0.176. The lowest BCUT2D eigenvalue weighted by Crippen LogP contribution is -2.43. The molecule has 2 aromatic rings. The summed E-state index contributed by atoms with van der Waals surface area (Å²) in [5.74, 6) is 0.0593. The van der Waals surface area contributed by atoms with Crippen molar-refractivity contribution in [2.75, 3.05) is 18.1 Å². The van der Waals surface area contributed by atoms with Crippen molar-refractivity contribution >= 4 is 52.1 Å². The Kier molecular flexibility index (Phi) is 5.23. The number of halogens is 2. The zero-order valence-corrected chi connectivity index (χ0v) is 14.9. The van der Waals surface area contributed by atoms with E-state index in [-0.39, 0.29) is 12.5 Å². The van der Waals surface area contributed by atoms with Gasteiger partial charge >= 0.3 is 0 Å². The summed E-state index contributed by atoms with van der Waals surface area (Å²) in [6.07, 6.45) is 0.906. The molecule has 24 heavy (non-hydrogen) atoms. The van der Waals surface area contributed by atoms with Crippen molar-refractivity contribution in [1.29, 1.82) is 0 Å². The van der Waals surface area contributed by atoms with Crippen LogP contribution in [0.2, 0.25) is 10.0 Å². The Bertz CT molecular complexity index is 798. The number of hydrogen-bond donors (Lipinski definition) is 1. The molecule has 7 heteroatoms. The lowest BCUT2D eigenvalue weighted by molar-refractivity contribution is -0.121. The lowest BCUT2D eigenvalue weighted by Gasteiger charge is -2.20. The fourth-order valence-corrected chi connectivity index (χ4v) is 3.27. The van der Waals surface area contributed by atoms with E-state index in [0.717, 1.165) is 18.7 Å². The summed E-state index contributed by atoms with van der Waals surface area (Å²) in [5.41, 5.74) is 2.25. The molecule has 0 atom stereocenters. The van der Waals surface area contributed by atoms with Crippen LogP contribution in [0, 0.1) is 0 Å². The average molecular weight is 381 g/mol. The Morgan fingerprint density at radius 3 is 2.83 bits per heavy atom. The molecule has 3 rings (SSSR count). The molecular weight excluding hydrogens is 367 g/mol. The van der Waals surface area contributed by atoms with E-state index in [9.17, 15) is 4.79 Å². The molecule has 4 nitrogen and oxygen atoms in total. The van der Waals surface area contributed by atoms with Gasteiger partial charge in [0.15, 0.2) is 11.7 Å². The molecule has 0 saturated heterocycles. The van der Waals surface area contributed by atoms with Crippen LogP contribution < -0.4 is 15.0 Å². The summed E-state index contributed by atoms with van der Waals surface area (Å²) in [7, 11) is 0. The third-order valence-corrected chi connectivity index (χ3v) is 4.48. The molecule has 1 aliphatic rings. The summed E-state index contributed by atoms with van der Waals surface area (Å²) in [6.45, 7) is 0.569. The highest BCUT2D eigenvalue weighted by atomic mass is 35.5. The predicted octanol–water partition coefficient (Wildman–Crippen LogP) is 3.84. The van der Waals surface area contributed by atoms with Crippen molar-refractivity contribution in [3.05, 3.63) is 58.1 Å². The van der Waals surface area contributed by atoms with Gasteiger partial charge in [-0.05, 0) is 48.5 Å². The van der Waals surface area contributed by atoms with Gasteiger partial charge < -0.3 is 9.64 Å². The Morgan fingerprint density at radius 2 is 2.04 bits per heavy atom. The number of nitrogens with one attached hydrogen (secondary N) is 1. The topological polar surface area (TPSA) is 41.6 Å². The van der Waals surface area contributed by atoms with Crippen LogP contribution in [-0.4, -0.2) is 24.2 Å². The number of fused-ring (bicyclic) bond motifs is 1. The number of carbonyl (C=O) groups is 1. The third-order valence-electron chi connectivity index (χ3n) is 3.63. The molecule has 124 valence electrons. The number of thiocarbonyl (C=S) groups is 1. The van der Waals surface area contributed by atoms with Gasteiger partial charge in [0.25, 0.3) is 5.91 Å². The van der Waals surface area contributed by atoms with Gasteiger partial charge in [-0.2, -0.15) is 0 Å². The van der Waals surface area contributed by atoms with Crippen LogP contribution >= 0.6 is 35.4 Å². The van der Waals surface area contributed by atoms with E-state index in [1.54, 1.807) is 18.2 Å². The van der Waals surface area contributed by atoms with Crippen molar-refractivity contribution in [2.24, 2.45) is 0 Å². The Balaban J connectivity index is 1.56. The zero-order valence-electron chi connectivity index (χ0n) is 12.6. The molecule has 0 radical (unpaired) electrons. The minimum absolute atomic E-state index is 0.184. The van der Waals surface area contributed by atoms with E-state index in [1.807, 2.05) is 23.1 Å². The maximum Gasteiger partial charge on any atom is 0.264 e. The van der Waals surface area contributed by atoms with E-state index >= 15 is 0 Å². The molecule has 0 unspecified atom stereocenters. The van der Waals surface area contributed by atoms with E-state index in [2.05, 4.69) is 11.4 Å². The van der Waals surface area contributed by atoms with Crippen molar-refractivity contribution in [3.63, 3.8) is 0 Å². The molecule has 0 bridgehead atoms. The van der Waals surface area contributed by atoms with E-state index < -0.39 is 0 Å². The molecule has 1 N–H and O–H groups in total. The summed E-state index contributed by atoms with van der Waals surface area (Å²) < 4.78 is 5.41. The number of carbonyl (C=O) groups excluding carboxylic acids is 1. The Hall–Kier alpha value is -1.82. The average Bonchev–Trinajstić information content (AvgIpc) is 2.98. The second-order valence-corrected chi connectivity index (χ2v) is 6.48. The largest absolute Gasteiger partial charge is 0.482 e. The van der Waals surface area contributed by atoms with Crippen molar-refractivity contribution in [3.8, 4) is 5.75 Å². The van der Waals surface area contributed by atoms with Crippen molar-refractivity contribution in [1.82, 2.24) is 5.32 Å². The molecule has 0 aromatic heterocycles. The smallest absolute Gasteiger partial charge is 0.264 e. The number of rotatable bonds is 3. The zero-order chi connectivity index (χ0) is 17.1. The van der Waals surface area contributed by atoms with E-state index in [4.69, 9.17) is 40.2 Å². The number of hydrogen-bond acceptors (Lipinski definition) is 3. The summed E-state index contributed by atoms with van der Waals surface area (Å²) in [6, 6.07) is 12.8. The van der Waals surface area contributed by atoms with Crippen molar-refractivity contribution < 1.29 is 9.53 Å². The van der Waals surface area contributed by atoms with Gasteiger partial charge in [0, 0.05) is 17.3 Å². The monoisotopic (exact) mass is 380 g/mol. The Labute approximate surface area is 155 Å². The quantitative estimate of drug-likeness (QED) is 0.821. The van der Waals surface area contributed by atoms with Gasteiger partial charge in [-0.3, -0.25) is 10.1 Å². The predicted molar refractivity (Wildman–Crippen MR) is 100 cm³/mol. The standard InChI is InChI=1S/C17H14Cl2N2O2S/c18-12-5-6-15(13(19)9-12)23-10-16(22)20-17(24)21-8-7-11-3-1-2-4-14(11)21/h1-6,9H,7-8,10H2,(H,20,22,24). The first-order valence-electron chi connectivity index (χ1n) is 7.31. The number of anilines is 1. The molecule has 2 aromatic carbocycles. The van der Waals surface area contributed by atoms with Crippen molar-refractivity contribution in [2.45, 2.75) is 6.42 Å². The van der Waals surface area contributed by atoms with Crippen LogP contribution in [0.25, 0.3) is 0 Å². The van der Waals surface area contributed by atoms with Crippen LogP contribution in [0.5, 0.6) is 5.75 Å². The lowest BCUT2D eigenvalue weighted by atomic mass is 10.2. The summed E-state index contributed by atoms with van der Waals surface area (Å²) in [4.78, 5) is 14.0. The fourth-order valence-electron chi connectivity index (χ4n) is 2.51. The number of amides is 1. The maximum absolute atomic E-state index is 12.1. The normalized spacial score (nSPS) is 12.7. The molecule has 1 aliphatic heterocycles. The molecule has 1 amide bonds. The van der Waals surface area contributed by atoms with Gasteiger partial charge in [0.05, 0.1) is 5.02 Å². The first kappa shape index (κ1) is 17.0. The van der Waals surface area contributed by atoms with E-state index in [0.29, 0.717) is 20.9 Å². The van der Waals surface area contributed by atoms with Crippen LogP contribution in [0.1, 0.15) is 5.56 Å². The number of ether oxygens (including phenoxy) is 1. The van der Waals surface area contributed by atoms with Crippen LogP contribution in [-0.2, 0) is 11.2 Å². The minimum atomic E-state index is -0.338. The first-order valence-corrected chi connectivity index (χ1v) is 8.48. The highest BCUT2D eigenvalue weighted by Gasteiger charge is 2.22. The molecule has 1 heterocycles. The second kappa shape index (κ2) is 7.38. The Morgan fingerprint density at radius 1 is 1.25 bits per heavy atom. The van der Waals surface area contributed by atoms with Gasteiger partial charge in [0.2, 0.25) is 0 Å². The number of para-hydroxylation sites is 1. The van der Waals surface area contributed by atoms with Gasteiger partial charge in [-0.1, -0.05) is 41.4 Å². The van der Waals surface area contributed by atoms with Crippen LogP contribution in [0.15, 0.2) is 42.5 Å². The third kappa shape index (κ3) is 3.80. The molecule has 0 spiro atoms. The molecule has 0 fully saturated rings.